The molecule has 0 spiro atoms. The first-order valence-electron chi connectivity index (χ1n) is 7.03. The summed E-state index contributed by atoms with van der Waals surface area (Å²) in [5.74, 6) is 0.288. The summed E-state index contributed by atoms with van der Waals surface area (Å²) in [5.41, 5.74) is 6.72. The molecule has 0 saturated heterocycles. The van der Waals surface area contributed by atoms with Gasteiger partial charge in [-0.3, -0.25) is 0 Å². The number of rotatable bonds is 6. The van der Waals surface area contributed by atoms with Crippen molar-refractivity contribution in [2.24, 2.45) is 11.7 Å². The van der Waals surface area contributed by atoms with Gasteiger partial charge in [-0.05, 0) is 44.4 Å². The predicted octanol–water partition coefficient (Wildman–Crippen LogP) is 2.76. The highest BCUT2D eigenvalue weighted by Crippen LogP contribution is 2.21. The van der Waals surface area contributed by atoms with Crippen LogP contribution in [-0.4, -0.2) is 25.3 Å². The topological polar surface area (TPSA) is 63.4 Å². The van der Waals surface area contributed by atoms with E-state index in [4.69, 9.17) is 5.73 Å². The van der Waals surface area contributed by atoms with Crippen LogP contribution in [0.2, 0.25) is 0 Å². The van der Waals surface area contributed by atoms with E-state index in [0.29, 0.717) is 11.4 Å². The summed E-state index contributed by atoms with van der Waals surface area (Å²) < 4.78 is 26.9. The molecule has 1 atom stereocenters. The molecule has 1 aromatic rings. The van der Waals surface area contributed by atoms with Gasteiger partial charge in [0.25, 0.3) is 0 Å². The number of sulfonamides is 1. The van der Waals surface area contributed by atoms with Crippen LogP contribution in [0.3, 0.4) is 0 Å². The van der Waals surface area contributed by atoms with Gasteiger partial charge in [-0.25, -0.2) is 8.42 Å². The van der Waals surface area contributed by atoms with Gasteiger partial charge in [0.1, 0.15) is 0 Å². The summed E-state index contributed by atoms with van der Waals surface area (Å²) in [6.07, 6.45) is 0. The molecule has 1 aromatic carbocycles. The Hall–Kier alpha value is -0.910. The Kier molecular flexibility index (Phi) is 5.74. The normalized spacial score (nSPS) is 14.2. The van der Waals surface area contributed by atoms with Gasteiger partial charge < -0.3 is 5.73 Å². The van der Waals surface area contributed by atoms with Crippen molar-refractivity contribution in [3.63, 3.8) is 0 Å². The summed E-state index contributed by atoms with van der Waals surface area (Å²) in [4.78, 5) is 0.330. The third kappa shape index (κ3) is 4.04. The molecule has 0 bridgehead atoms. The monoisotopic (exact) mass is 298 g/mol. The van der Waals surface area contributed by atoms with Crippen molar-refractivity contribution in [2.45, 2.75) is 51.6 Å². The third-order valence-electron chi connectivity index (χ3n) is 3.13. The molecule has 1 rings (SSSR count). The average Bonchev–Trinajstić information content (AvgIpc) is 2.35. The summed E-state index contributed by atoms with van der Waals surface area (Å²) in [6, 6.07) is 6.70. The largest absolute Gasteiger partial charge is 0.324 e. The van der Waals surface area contributed by atoms with E-state index in [2.05, 4.69) is 0 Å². The Bertz CT molecular complexity index is 519. The molecule has 0 aliphatic rings. The van der Waals surface area contributed by atoms with Crippen LogP contribution in [0.5, 0.6) is 0 Å². The molecule has 0 fully saturated rings. The maximum atomic E-state index is 12.7. The molecule has 1 unspecified atom stereocenters. The molecule has 0 saturated carbocycles. The maximum Gasteiger partial charge on any atom is 0.243 e. The van der Waals surface area contributed by atoms with Crippen molar-refractivity contribution in [1.29, 1.82) is 0 Å². The minimum atomic E-state index is -3.45. The van der Waals surface area contributed by atoms with Crippen LogP contribution in [0.1, 0.15) is 46.2 Å². The second-order valence-corrected chi connectivity index (χ2v) is 7.81. The molecule has 0 heterocycles. The highest BCUT2D eigenvalue weighted by Gasteiger charge is 2.27. The second kappa shape index (κ2) is 6.70. The Labute approximate surface area is 123 Å². The molecule has 0 amide bonds. The average molecular weight is 298 g/mol. The first kappa shape index (κ1) is 17.1. The fraction of sp³-hybridized carbons (Fsp3) is 0.600. The Morgan fingerprint density at radius 3 is 1.90 bits per heavy atom. The lowest BCUT2D eigenvalue weighted by Crippen LogP contribution is -2.39. The van der Waals surface area contributed by atoms with E-state index in [9.17, 15) is 8.42 Å². The van der Waals surface area contributed by atoms with Crippen molar-refractivity contribution in [3.05, 3.63) is 29.8 Å². The van der Waals surface area contributed by atoms with Gasteiger partial charge in [0, 0.05) is 18.6 Å². The van der Waals surface area contributed by atoms with Crippen molar-refractivity contribution >= 4 is 10.0 Å². The molecular formula is C15H26N2O2S. The lowest BCUT2D eigenvalue weighted by molar-refractivity contribution is 0.319. The van der Waals surface area contributed by atoms with Gasteiger partial charge in [0.2, 0.25) is 10.0 Å². The number of benzene rings is 1. The highest BCUT2D eigenvalue weighted by molar-refractivity contribution is 7.89. The van der Waals surface area contributed by atoms with Crippen LogP contribution in [0.15, 0.2) is 29.2 Å². The molecule has 0 aliphatic carbocycles. The van der Waals surface area contributed by atoms with Crippen LogP contribution in [0.4, 0.5) is 0 Å². The fourth-order valence-corrected chi connectivity index (χ4v) is 3.83. The highest BCUT2D eigenvalue weighted by atomic mass is 32.2. The standard InChI is InChI=1S/C15H26N2O2S/c1-11(2)10-17(12(3)4)20(18,19)15-8-6-14(7-9-15)13(5)16/h6-9,11-13H,10,16H2,1-5H3. The molecule has 5 heteroatoms. The SMILES string of the molecule is CC(C)CN(C(C)C)S(=O)(=O)c1ccc(C(C)N)cc1. The van der Waals surface area contributed by atoms with E-state index >= 15 is 0 Å². The zero-order valence-corrected chi connectivity index (χ0v) is 13.8. The molecule has 20 heavy (non-hydrogen) atoms. The van der Waals surface area contributed by atoms with E-state index in [1.165, 1.54) is 0 Å². The summed E-state index contributed by atoms with van der Waals surface area (Å²) >= 11 is 0. The Morgan fingerprint density at radius 2 is 1.55 bits per heavy atom. The quantitative estimate of drug-likeness (QED) is 0.878. The third-order valence-corrected chi connectivity index (χ3v) is 5.19. The summed E-state index contributed by atoms with van der Waals surface area (Å²) in [6.45, 7) is 10.2. The smallest absolute Gasteiger partial charge is 0.243 e. The lowest BCUT2D eigenvalue weighted by atomic mass is 10.1. The minimum Gasteiger partial charge on any atom is -0.324 e. The number of hydrogen-bond donors (Lipinski definition) is 1. The van der Waals surface area contributed by atoms with E-state index in [1.807, 2.05) is 34.6 Å². The van der Waals surface area contributed by atoms with Crippen molar-refractivity contribution in [2.75, 3.05) is 6.54 Å². The maximum absolute atomic E-state index is 12.7. The van der Waals surface area contributed by atoms with E-state index in [1.54, 1.807) is 28.6 Å². The predicted molar refractivity (Wildman–Crippen MR) is 82.9 cm³/mol. The van der Waals surface area contributed by atoms with Gasteiger partial charge >= 0.3 is 0 Å². The number of nitrogens with zero attached hydrogens (tertiary/aromatic N) is 1. The summed E-state index contributed by atoms with van der Waals surface area (Å²) in [7, 11) is -3.45. The van der Waals surface area contributed by atoms with Crippen LogP contribution >= 0.6 is 0 Å². The van der Waals surface area contributed by atoms with Gasteiger partial charge in [-0.1, -0.05) is 26.0 Å². The number of hydrogen-bond acceptors (Lipinski definition) is 3. The van der Waals surface area contributed by atoms with Crippen molar-refractivity contribution in [3.8, 4) is 0 Å². The number of nitrogens with two attached hydrogens (primary N) is 1. The molecule has 4 nitrogen and oxygen atoms in total. The fourth-order valence-electron chi connectivity index (χ4n) is 2.03. The first-order chi connectivity index (χ1) is 9.16. The lowest BCUT2D eigenvalue weighted by Gasteiger charge is -2.27. The zero-order valence-electron chi connectivity index (χ0n) is 13.0. The molecular weight excluding hydrogens is 272 g/mol. The van der Waals surface area contributed by atoms with E-state index in [-0.39, 0.29) is 18.0 Å². The zero-order chi connectivity index (χ0) is 15.5. The molecule has 0 aromatic heterocycles. The van der Waals surface area contributed by atoms with Crippen LogP contribution in [-0.2, 0) is 10.0 Å². The van der Waals surface area contributed by atoms with E-state index < -0.39 is 10.0 Å². The molecule has 2 N–H and O–H groups in total. The first-order valence-corrected chi connectivity index (χ1v) is 8.47. The molecule has 114 valence electrons. The van der Waals surface area contributed by atoms with Gasteiger partial charge in [-0.2, -0.15) is 4.31 Å². The summed E-state index contributed by atoms with van der Waals surface area (Å²) in [5, 5.41) is 0. The minimum absolute atomic E-state index is 0.0597. The van der Waals surface area contributed by atoms with Crippen LogP contribution in [0.25, 0.3) is 0 Å². The molecule has 0 aliphatic heterocycles. The Balaban J connectivity index is 3.13. The van der Waals surface area contributed by atoms with Gasteiger partial charge in [0.05, 0.1) is 4.90 Å². The van der Waals surface area contributed by atoms with Crippen molar-refractivity contribution < 1.29 is 8.42 Å². The van der Waals surface area contributed by atoms with Crippen LogP contribution < -0.4 is 5.73 Å². The van der Waals surface area contributed by atoms with Crippen LogP contribution in [0, 0.1) is 5.92 Å². The van der Waals surface area contributed by atoms with Gasteiger partial charge in [0.15, 0.2) is 0 Å². The van der Waals surface area contributed by atoms with E-state index in [0.717, 1.165) is 5.56 Å². The Morgan fingerprint density at radius 1 is 1.05 bits per heavy atom. The second-order valence-electron chi connectivity index (χ2n) is 5.92. The van der Waals surface area contributed by atoms with Crippen molar-refractivity contribution in [1.82, 2.24) is 4.31 Å². The molecule has 0 radical (unpaired) electrons. The van der Waals surface area contributed by atoms with Gasteiger partial charge in [-0.15, -0.1) is 0 Å².